The van der Waals surface area contributed by atoms with Crippen LogP contribution in [0.5, 0.6) is 0 Å². The number of aldehydes is 1. The third kappa shape index (κ3) is 1.04. The Hall–Kier alpha value is -1.93. The SMILES string of the molecule is [N-]=[N+]=C1c2ccccc2NC1C=O. The maximum absolute atomic E-state index is 10.6. The molecule has 13 heavy (non-hydrogen) atoms. The van der Waals surface area contributed by atoms with Gasteiger partial charge < -0.3 is 15.6 Å². The highest BCUT2D eigenvalue weighted by molar-refractivity contribution is 6.17. The predicted molar refractivity (Wildman–Crippen MR) is 47.6 cm³/mol. The van der Waals surface area contributed by atoms with Gasteiger partial charge in [0.1, 0.15) is 0 Å². The van der Waals surface area contributed by atoms with Gasteiger partial charge in [0.05, 0.1) is 11.3 Å². The summed E-state index contributed by atoms with van der Waals surface area (Å²) in [4.78, 5) is 13.7. The van der Waals surface area contributed by atoms with Gasteiger partial charge in [-0.15, -0.1) is 0 Å². The lowest BCUT2D eigenvalue weighted by molar-refractivity contribution is -0.108. The van der Waals surface area contributed by atoms with Crippen molar-refractivity contribution in [2.24, 2.45) is 0 Å². The molecule has 0 saturated heterocycles. The molecule has 0 fully saturated rings. The Morgan fingerprint density at radius 1 is 1.46 bits per heavy atom. The summed E-state index contributed by atoms with van der Waals surface area (Å²) >= 11 is 0. The van der Waals surface area contributed by atoms with Crippen molar-refractivity contribution in [1.29, 1.82) is 0 Å². The zero-order valence-corrected chi connectivity index (χ0v) is 6.77. The molecule has 0 radical (unpaired) electrons. The van der Waals surface area contributed by atoms with E-state index in [4.69, 9.17) is 5.53 Å². The summed E-state index contributed by atoms with van der Waals surface area (Å²) in [5.74, 6) is 0. The highest BCUT2D eigenvalue weighted by Gasteiger charge is 2.34. The molecule has 1 N–H and O–H groups in total. The van der Waals surface area contributed by atoms with Crippen LogP contribution >= 0.6 is 0 Å². The van der Waals surface area contributed by atoms with Crippen LogP contribution in [-0.4, -0.2) is 22.8 Å². The van der Waals surface area contributed by atoms with Crippen molar-refractivity contribution in [2.45, 2.75) is 6.04 Å². The monoisotopic (exact) mass is 173 g/mol. The molecule has 0 bridgehead atoms. The van der Waals surface area contributed by atoms with E-state index in [1.54, 1.807) is 6.07 Å². The van der Waals surface area contributed by atoms with Crippen LogP contribution in [0.3, 0.4) is 0 Å². The van der Waals surface area contributed by atoms with Crippen molar-refractivity contribution in [2.75, 3.05) is 5.32 Å². The van der Waals surface area contributed by atoms with E-state index in [0.717, 1.165) is 17.5 Å². The van der Waals surface area contributed by atoms with E-state index >= 15 is 0 Å². The van der Waals surface area contributed by atoms with E-state index in [-0.39, 0.29) is 0 Å². The Kier molecular flexibility index (Phi) is 1.69. The topological polar surface area (TPSA) is 65.5 Å². The molecule has 0 aromatic heterocycles. The number of anilines is 1. The molecule has 1 aromatic rings. The standard InChI is InChI=1S/C9H7N3O/c10-12-9-6-3-1-2-4-7(6)11-8(9)5-13/h1-5,8,11H. The minimum absolute atomic E-state index is 0.380. The van der Waals surface area contributed by atoms with E-state index in [2.05, 4.69) is 10.1 Å². The summed E-state index contributed by atoms with van der Waals surface area (Å²) in [7, 11) is 0. The normalized spacial score (nSPS) is 18.8. The van der Waals surface area contributed by atoms with Gasteiger partial charge in [0, 0.05) is 0 Å². The van der Waals surface area contributed by atoms with Gasteiger partial charge in [-0.2, -0.15) is 4.79 Å². The Labute approximate surface area is 74.8 Å². The fraction of sp³-hybridized carbons (Fsp3) is 0.111. The van der Waals surface area contributed by atoms with Gasteiger partial charge in [0.25, 0.3) is 0 Å². The molecule has 1 unspecified atom stereocenters. The van der Waals surface area contributed by atoms with Crippen LogP contribution in [0.2, 0.25) is 0 Å². The first-order valence-electron chi connectivity index (χ1n) is 3.90. The van der Waals surface area contributed by atoms with E-state index in [1.165, 1.54) is 0 Å². The van der Waals surface area contributed by atoms with Gasteiger partial charge in [-0.05, 0) is 12.1 Å². The number of fused-ring (bicyclic) bond motifs is 1. The van der Waals surface area contributed by atoms with E-state index in [9.17, 15) is 4.79 Å². The van der Waals surface area contributed by atoms with E-state index in [1.807, 2.05) is 18.2 Å². The largest absolute Gasteiger partial charge is 0.365 e. The summed E-state index contributed by atoms with van der Waals surface area (Å²) in [6.07, 6.45) is 0.717. The molecule has 0 saturated carbocycles. The number of rotatable bonds is 1. The summed E-state index contributed by atoms with van der Waals surface area (Å²) in [5, 5.41) is 2.93. The van der Waals surface area contributed by atoms with Crippen molar-refractivity contribution >= 4 is 17.7 Å². The van der Waals surface area contributed by atoms with Crippen LogP contribution in [0.15, 0.2) is 24.3 Å². The van der Waals surface area contributed by atoms with Crippen LogP contribution in [0, 0.1) is 0 Å². The number of para-hydroxylation sites is 1. The van der Waals surface area contributed by atoms with Crippen molar-refractivity contribution in [3.05, 3.63) is 35.4 Å². The van der Waals surface area contributed by atoms with E-state index < -0.39 is 6.04 Å². The molecule has 1 aromatic carbocycles. The van der Waals surface area contributed by atoms with Gasteiger partial charge in [-0.25, -0.2) is 0 Å². The molecule has 1 aliphatic rings. The molecule has 4 nitrogen and oxygen atoms in total. The quantitative estimate of drug-likeness (QED) is 0.386. The summed E-state index contributed by atoms with van der Waals surface area (Å²) in [6.45, 7) is 0. The molecule has 1 atom stereocenters. The second-order valence-corrected chi connectivity index (χ2v) is 2.79. The predicted octanol–water partition coefficient (Wildman–Crippen LogP) is 0.698. The fourth-order valence-corrected chi connectivity index (χ4v) is 1.45. The van der Waals surface area contributed by atoms with Crippen LogP contribution in [0.1, 0.15) is 5.56 Å². The third-order valence-corrected chi connectivity index (χ3v) is 2.05. The smallest absolute Gasteiger partial charge is 0.330 e. The summed E-state index contributed by atoms with van der Waals surface area (Å²) in [6, 6.07) is 6.81. The zero-order valence-electron chi connectivity index (χ0n) is 6.77. The number of carbonyl (C=O) groups is 1. The van der Waals surface area contributed by atoms with Gasteiger partial charge in [-0.1, -0.05) is 12.1 Å². The lowest BCUT2D eigenvalue weighted by Gasteiger charge is -1.96. The lowest BCUT2D eigenvalue weighted by Crippen LogP contribution is -2.24. The molecule has 1 heterocycles. The minimum Gasteiger partial charge on any atom is -0.365 e. The molecule has 64 valence electrons. The highest BCUT2D eigenvalue weighted by Crippen LogP contribution is 2.23. The fourth-order valence-electron chi connectivity index (χ4n) is 1.45. The first kappa shape index (κ1) is 7.71. The molecule has 0 aliphatic carbocycles. The lowest BCUT2D eigenvalue weighted by atomic mass is 10.1. The maximum atomic E-state index is 10.6. The molecule has 1 aliphatic heterocycles. The number of hydrogen-bond donors (Lipinski definition) is 1. The van der Waals surface area contributed by atoms with Crippen molar-refractivity contribution in [3.8, 4) is 0 Å². The second-order valence-electron chi connectivity index (χ2n) is 2.79. The first-order valence-corrected chi connectivity index (χ1v) is 3.90. The number of nitrogens with zero attached hydrogens (tertiary/aromatic N) is 2. The van der Waals surface area contributed by atoms with Crippen LogP contribution in [0.4, 0.5) is 5.69 Å². The van der Waals surface area contributed by atoms with Crippen LogP contribution in [0.25, 0.3) is 5.53 Å². The minimum atomic E-state index is -0.526. The molecule has 2 rings (SSSR count). The average molecular weight is 173 g/mol. The first-order chi connectivity index (χ1) is 6.36. The Morgan fingerprint density at radius 3 is 2.92 bits per heavy atom. The van der Waals surface area contributed by atoms with Gasteiger partial charge in [0.15, 0.2) is 12.3 Å². The number of hydrogen-bond acceptors (Lipinski definition) is 2. The average Bonchev–Trinajstić information content (AvgIpc) is 2.55. The maximum Gasteiger partial charge on any atom is 0.330 e. The molecular weight excluding hydrogens is 166 g/mol. The summed E-state index contributed by atoms with van der Waals surface area (Å²) in [5.41, 5.74) is 10.7. The number of benzene rings is 1. The van der Waals surface area contributed by atoms with Gasteiger partial charge >= 0.3 is 5.71 Å². The highest BCUT2D eigenvalue weighted by atomic mass is 16.1. The van der Waals surface area contributed by atoms with Crippen molar-refractivity contribution in [1.82, 2.24) is 0 Å². The number of carbonyl (C=O) groups excluding carboxylic acids is 1. The molecular formula is C9H7N3O. The second kappa shape index (κ2) is 2.84. The van der Waals surface area contributed by atoms with Crippen LogP contribution in [-0.2, 0) is 4.79 Å². The summed E-state index contributed by atoms with van der Waals surface area (Å²) < 4.78 is 0. The Bertz CT molecular complexity index is 407. The van der Waals surface area contributed by atoms with Gasteiger partial charge in [-0.3, -0.25) is 0 Å². The molecule has 0 spiro atoms. The van der Waals surface area contributed by atoms with Crippen molar-refractivity contribution < 1.29 is 9.58 Å². The number of nitrogens with one attached hydrogen (secondary N) is 1. The van der Waals surface area contributed by atoms with E-state index in [0.29, 0.717) is 5.71 Å². The molecule has 4 heteroatoms. The third-order valence-electron chi connectivity index (χ3n) is 2.05. The Morgan fingerprint density at radius 2 is 2.23 bits per heavy atom. The Balaban J connectivity index is 2.58. The van der Waals surface area contributed by atoms with Crippen LogP contribution < -0.4 is 5.32 Å². The van der Waals surface area contributed by atoms with Gasteiger partial charge in [0.2, 0.25) is 0 Å². The molecule has 0 amide bonds. The van der Waals surface area contributed by atoms with Crippen molar-refractivity contribution in [3.63, 3.8) is 0 Å². The zero-order chi connectivity index (χ0) is 9.26.